The summed E-state index contributed by atoms with van der Waals surface area (Å²) in [6, 6.07) is 15.1. The minimum absolute atomic E-state index is 0.133. The van der Waals surface area contributed by atoms with Gasteiger partial charge < -0.3 is 4.52 Å². The Kier molecular flexibility index (Phi) is 3.79. The van der Waals surface area contributed by atoms with Crippen molar-refractivity contribution in [1.82, 2.24) is 9.88 Å². The third-order valence-corrected chi connectivity index (χ3v) is 4.49. The average molecular weight is 314 g/mol. The van der Waals surface area contributed by atoms with E-state index in [1.54, 1.807) is 0 Å². The lowest BCUT2D eigenvalue weighted by molar-refractivity contribution is 0.339. The predicted molar refractivity (Wildman–Crippen MR) is 84.8 cm³/mol. The van der Waals surface area contributed by atoms with Crippen molar-refractivity contribution in [3.05, 3.63) is 61.2 Å². The molecule has 0 fully saturated rings. The Hall–Kier alpha value is -2.44. The summed E-state index contributed by atoms with van der Waals surface area (Å²) in [5, 5.41) is 5.80. The van der Waals surface area contributed by atoms with Gasteiger partial charge in [-0.2, -0.15) is 0 Å². The van der Waals surface area contributed by atoms with Crippen LogP contribution in [-0.4, -0.2) is 20.1 Å². The summed E-state index contributed by atoms with van der Waals surface area (Å²) in [5.74, 6) is 0. The van der Waals surface area contributed by atoms with Gasteiger partial charge in [0.15, 0.2) is 0 Å². The number of fused-ring (bicyclic) bond motifs is 1. The molecule has 0 radical (unpaired) electrons. The first kappa shape index (κ1) is 14.5. The SMILES string of the molecule is C=CCNS(=O)(=O)c1cc(-c2ccc3ccccc3c2)no1. The van der Waals surface area contributed by atoms with E-state index < -0.39 is 10.0 Å². The molecular weight excluding hydrogens is 300 g/mol. The largest absolute Gasteiger partial charge is 0.343 e. The molecule has 0 saturated carbocycles. The van der Waals surface area contributed by atoms with Crippen LogP contribution < -0.4 is 4.72 Å². The van der Waals surface area contributed by atoms with Crippen LogP contribution in [0.2, 0.25) is 0 Å². The van der Waals surface area contributed by atoms with E-state index in [1.165, 1.54) is 12.1 Å². The van der Waals surface area contributed by atoms with Crippen molar-refractivity contribution in [2.24, 2.45) is 0 Å². The average Bonchev–Trinajstić information content (AvgIpc) is 3.03. The second kappa shape index (κ2) is 5.75. The number of aromatic nitrogens is 1. The highest BCUT2D eigenvalue weighted by molar-refractivity contribution is 7.89. The van der Waals surface area contributed by atoms with E-state index in [2.05, 4.69) is 16.5 Å². The second-order valence-corrected chi connectivity index (χ2v) is 6.43. The fraction of sp³-hybridized carbons (Fsp3) is 0.0625. The van der Waals surface area contributed by atoms with Crippen LogP contribution in [0.25, 0.3) is 22.0 Å². The first-order chi connectivity index (χ1) is 10.6. The van der Waals surface area contributed by atoms with Crippen molar-refractivity contribution in [3.63, 3.8) is 0 Å². The Morgan fingerprint density at radius 3 is 2.68 bits per heavy atom. The van der Waals surface area contributed by atoms with Crippen molar-refractivity contribution < 1.29 is 12.9 Å². The number of hydrogen-bond acceptors (Lipinski definition) is 4. The highest BCUT2D eigenvalue weighted by atomic mass is 32.2. The van der Waals surface area contributed by atoms with Gasteiger partial charge in [-0.1, -0.05) is 47.6 Å². The minimum Gasteiger partial charge on any atom is -0.343 e. The fourth-order valence-corrected chi connectivity index (χ4v) is 2.99. The van der Waals surface area contributed by atoms with Gasteiger partial charge >= 0.3 is 0 Å². The number of sulfonamides is 1. The molecule has 3 rings (SSSR count). The number of nitrogens with zero attached hydrogens (tertiary/aromatic N) is 1. The molecule has 3 aromatic rings. The molecule has 0 aliphatic heterocycles. The van der Waals surface area contributed by atoms with E-state index in [0.29, 0.717) is 5.69 Å². The van der Waals surface area contributed by atoms with Crippen LogP contribution in [0.4, 0.5) is 0 Å². The fourth-order valence-electron chi connectivity index (χ4n) is 2.11. The highest BCUT2D eigenvalue weighted by Gasteiger charge is 2.20. The molecule has 1 heterocycles. The van der Waals surface area contributed by atoms with Crippen molar-refractivity contribution in [2.45, 2.75) is 5.09 Å². The maximum Gasteiger partial charge on any atom is 0.277 e. The van der Waals surface area contributed by atoms with Crippen LogP contribution in [0.15, 0.2) is 70.8 Å². The van der Waals surface area contributed by atoms with Gasteiger partial charge in [0.25, 0.3) is 15.1 Å². The van der Waals surface area contributed by atoms with E-state index in [9.17, 15) is 8.42 Å². The molecule has 0 aliphatic rings. The smallest absolute Gasteiger partial charge is 0.277 e. The molecule has 5 nitrogen and oxygen atoms in total. The third-order valence-electron chi connectivity index (χ3n) is 3.22. The number of rotatable bonds is 5. The van der Waals surface area contributed by atoms with Crippen LogP contribution in [0.5, 0.6) is 0 Å². The molecule has 0 spiro atoms. The van der Waals surface area contributed by atoms with E-state index >= 15 is 0 Å². The van der Waals surface area contributed by atoms with Gasteiger partial charge in [-0.25, -0.2) is 13.1 Å². The van der Waals surface area contributed by atoms with Crippen LogP contribution in [-0.2, 0) is 10.0 Å². The van der Waals surface area contributed by atoms with Gasteiger partial charge in [0.1, 0.15) is 5.69 Å². The lowest BCUT2D eigenvalue weighted by Crippen LogP contribution is -2.23. The topological polar surface area (TPSA) is 72.2 Å². The highest BCUT2D eigenvalue weighted by Crippen LogP contribution is 2.25. The molecular formula is C16H14N2O3S. The summed E-state index contributed by atoms with van der Waals surface area (Å²) in [4.78, 5) is 0. The van der Waals surface area contributed by atoms with Crippen LogP contribution in [0, 0.1) is 0 Å². The first-order valence-electron chi connectivity index (χ1n) is 6.66. The molecule has 1 aromatic heterocycles. The van der Waals surface area contributed by atoms with E-state index in [1.807, 2.05) is 42.5 Å². The third kappa shape index (κ3) is 2.79. The molecule has 22 heavy (non-hydrogen) atoms. The number of benzene rings is 2. The predicted octanol–water partition coefficient (Wildman–Crippen LogP) is 2.96. The van der Waals surface area contributed by atoms with E-state index in [4.69, 9.17) is 4.52 Å². The van der Waals surface area contributed by atoms with Crippen molar-refractivity contribution in [2.75, 3.05) is 6.54 Å². The summed E-state index contributed by atoms with van der Waals surface area (Å²) in [6.45, 7) is 3.60. The number of nitrogens with one attached hydrogen (secondary N) is 1. The first-order valence-corrected chi connectivity index (χ1v) is 8.15. The molecule has 112 valence electrons. The minimum atomic E-state index is -3.70. The molecule has 0 aliphatic carbocycles. The zero-order valence-electron chi connectivity index (χ0n) is 11.7. The number of hydrogen-bond donors (Lipinski definition) is 1. The summed E-state index contributed by atoms with van der Waals surface area (Å²) < 4.78 is 31.2. The van der Waals surface area contributed by atoms with Gasteiger partial charge in [-0.3, -0.25) is 0 Å². The van der Waals surface area contributed by atoms with E-state index in [-0.39, 0.29) is 11.6 Å². The maximum absolute atomic E-state index is 12.0. The summed E-state index contributed by atoms with van der Waals surface area (Å²) in [7, 11) is -3.70. The van der Waals surface area contributed by atoms with Crippen LogP contribution in [0.1, 0.15) is 0 Å². The molecule has 6 heteroatoms. The standard InChI is InChI=1S/C16H14N2O3S/c1-2-9-17-22(19,20)16-11-15(18-21-16)14-8-7-12-5-3-4-6-13(12)10-14/h2-8,10-11,17H,1,9H2. The van der Waals surface area contributed by atoms with Crippen LogP contribution >= 0.6 is 0 Å². The molecule has 0 atom stereocenters. The summed E-state index contributed by atoms with van der Waals surface area (Å²) in [5.41, 5.74) is 1.28. The molecule has 0 amide bonds. The lowest BCUT2D eigenvalue weighted by atomic mass is 10.1. The molecule has 0 unspecified atom stereocenters. The summed E-state index contributed by atoms with van der Waals surface area (Å²) in [6.07, 6.45) is 1.46. The monoisotopic (exact) mass is 314 g/mol. The Balaban J connectivity index is 1.97. The summed E-state index contributed by atoms with van der Waals surface area (Å²) >= 11 is 0. The van der Waals surface area contributed by atoms with Crippen molar-refractivity contribution in [3.8, 4) is 11.3 Å². The van der Waals surface area contributed by atoms with Gasteiger partial charge in [-0.05, 0) is 16.8 Å². The Bertz CT molecular complexity index is 929. The zero-order valence-corrected chi connectivity index (χ0v) is 12.5. The Morgan fingerprint density at radius 1 is 1.14 bits per heavy atom. The maximum atomic E-state index is 12.0. The van der Waals surface area contributed by atoms with E-state index in [0.717, 1.165) is 16.3 Å². The lowest BCUT2D eigenvalue weighted by Gasteiger charge is -2.00. The van der Waals surface area contributed by atoms with Gasteiger partial charge in [0, 0.05) is 18.2 Å². The van der Waals surface area contributed by atoms with Crippen molar-refractivity contribution >= 4 is 20.8 Å². The van der Waals surface area contributed by atoms with Crippen molar-refractivity contribution in [1.29, 1.82) is 0 Å². The van der Waals surface area contributed by atoms with Gasteiger partial charge in [0.05, 0.1) is 0 Å². The molecule has 1 N–H and O–H groups in total. The zero-order chi connectivity index (χ0) is 15.6. The second-order valence-electron chi connectivity index (χ2n) is 4.73. The molecule has 0 saturated heterocycles. The quantitative estimate of drug-likeness (QED) is 0.735. The molecule has 2 aromatic carbocycles. The van der Waals surface area contributed by atoms with Gasteiger partial charge in [-0.15, -0.1) is 6.58 Å². The van der Waals surface area contributed by atoms with Crippen LogP contribution in [0.3, 0.4) is 0 Å². The molecule has 0 bridgehead atoms. The normalized spacial score (nSPS) is 11.6. The van der Waals surface area contributed by atoms with Gasteiger partial charge in [0.2, 0.25) is 0 Å². The Labute approximate surface area is 128 Å². The Morgan fingerprint density at radius 2 is 1.91 bits per heavy atom.